The summed E-state index contributed by atoms with van der Waals surface area (Å²) >= 11 is 1.61. The van der Waals surface area contributed by atoms with Crippen LogP contribution in [0.2, 0.25) is 0 Å². The first-order valence-corrected chi connectivity index (χ1v) is 7.85. The number of nitrogens with zero attached hydrogens (tertiary/aromatic N) is 1. The topological polar surface area (TPSA) is 22.1 Å². The lowest BCUT2D eigenvalue weighted by atomic mass is 10.0. The van der Waals surface area contributed by atoms with Gasteiger partial charge in [0.25, 0.3) is 0 Å². The molecule has 0 spiro atoms. The highest BCUT2D eigenvalue weighted by Gasteiger charge is 2.15. The molecule has 0 N–H and O–H groups in total. The Bertz CT molecular complexity index is 784. The van der Waals surface area contributed by atoms with Crippen LogP contribution in [0.1, 0.15) is 23.3 Å². The van der Waals surface area contributed by atoms with Crippen LogP contribution in [-0.4, -0.2) is 12.1 Å². The molecule has 22 heavy (non-hydrogen) atoms. The third-order valence-electron chi connectivity index (χ3n) is 3.64. The Balaban J connectivity index is 1.94. The van der Waals surface area contributed by atoms with Gasteiger partial charge in [0.15, 0.2) is 0 Å². The molecule has 1 heterocycles. The smallest absolute Gasteiger partial charge is 0.129 e. The molecule has 0 radical (unpaired) electrons. The number of aromatic nitrogens is 1. The summed E-state index contributed by atoms with van der Waals surface area (Å²) in [5.41, 5.74) is 1.93. The van der Waals surface area contributed by atoms with Gasteiger partial charge in [0.05, 0.1) is 12.7 Å². The van der Waals surface area contributed by atoms with Gasteiger partial charge in [0.2, 0.25) is 0 Å². The molecule has 0 fully saturated rings. The summed E-state index contributed by atoms with van der Waals surface area (Å²) in [5, 5.41) is 0.913. The molecule has 1 aromatic heterocycles. The Morgan fingerprint density at radius 1 is 1.14 bits per heavy atom. The predicted molar refractivity (Wildman–Crippen MR) is 88.0 cm³/mol. The number of thiazole rings is 1. The first-order chi connectivity index (χ1) is 10.7. The zero-order chi connectivity index (χ0) is 15.5. The van der Waals surface area contributed by atoms with Gasteiger partial charge in [-0.05, 0) is 29.8 Å². The summed E-state index contributed by atoms with van der Waals surface area (Å²) in [6.07, 6.45) is 1.86. The van der Waals surface area contributed by atoms with E-state index in [0.29, 0.717) is 0 Å². The Labute approximate surface area is 133 Å². The van der Waals surface area contributed by atoms with Crippen molar-refractivity contribution in [1.29, 1.82) is 0 Å². The van der Waals surface area contributed by atoms with Gasteiger partial charge in [-0.15, -0.1) is 11.3 Å². The number of hydrogen-bond acceptors (Lipinski definition) is 3. The van der Waals surface area contributed by atoms with E-state index in [1.54, 1.807) is 30.6 Å². The molecule has 0 bridgehead atoms. The van der Waals surface area contributed by atoms with Crippen molar-refractivity contribution < 1.29 is 9.13 Å². The minimum absolute atomic E-state index is 0.108. The van der Waals surface area contributed by atoms with E-state index in [0.717, 1.165) is 26.8 Å². The summed E-state index contributed by atoms with van der Waals surface area (Å²) in [5.74, 6) is 0.706. The lowest BCUT2D eigenvalue weighted by Crippen LogP contribution is -1.93. The zero-order valence-corrected chi connectivity index (χ0v) is 13.2. The van der Waals surface area contributed by atoms with E-state index in [4.69, 9.17) is 4.74 Å². The quantitative estimate of drug-likeness (QED) is 0.668. The molecule has 1 atom stereocenters. The maximum Gasteiger partial charge on any atom is 0.129 e. The third kappa shape index (κ3) is 2.88. The summed E-state index contributed by atoms with van der Waals surface area (Å²) in [4.78, 5) is 5.61. The predicted octanol–water partition coefficient (Wildman–Crippen LogP) is 5.11. The highest BCUT2D eigenvalue weighted by atomic mass is 32.1. The molecule has 0 saturated carbocycles. The number of hydrogen-bond donors (Lipinski definition) is 0. The van der Waals surface area contributed by atoms with E-state index in [2.05, 4.69) is 11.9 Å². The largest absolute Gasteiger partial charge is 0.496 e. The van der Waals surface area contributed by atoms with Crippen LogP contribution in [0.15, 0.2) is 54.7 Å². The van der Waals surface area contributed by atoms with Crippen molar-refractivity contribution in [2.75, 3.05) is 7.11 Å². The first-order valence-electron chi connectivity index (χ1n) is 7.03. The Hall–Kier alpha value is -2.20. The molecule has 4 heteroatoms. The molecule has 112 valence electrons. The number of para-hydroxylation sites is 1. The number of benzene rings is 2. The normalized spacial score (nSPS) is 12.1. The summed E-state index contributed by atoms with van der Waals surface area (Å²) in [6.45, 7) is 2.06. The van der Waals surface area contributed by atoms with Gasteiger partial charge in [-0.2, -0.15) is 0 Å². The molecule has 0 amide bonds. The minimum atomic E-state index is -0.209. The fourth-order valence-electron chi connectivity index (χ4n) is 2.37. The molecule has 3 aromatic rings. The van der Waals surface area contributed by atoms with Crippen molar-refractivity contribution in [2.24, 2.45) is 0 Å². The van der Waals surface area contributed by atoms with Gasteiger partial charge in [-0.1, -0.05) is 31.2 Å². The van der Waals surface area contributed by atoms with Gasteiger partial charge in [-0.3, -0.25) is 0 Å². The van der Waals surface area contributed by atoms with Crippen LogP contribution in [0.25, 0.3) is 10.6 Å². The SMILES string of the molecule is COc1ccccc1-c1ncc(C(C)c2cccc(F)c2)s1. The van der Waals surface area contributed by atoms with E-state index in [-0.39, 0.29) is 11.7 Å². The number of ether oxygens (including phenoxy) is 1. The number of rotatable bonds is 4. The van der Waals surface area contributed by atoms with E-state index >= 15 is 0 Å². The molecule has 0 saturated heterocycles. The van der Waals surface area contributed by atoms with Gasteiger partial charge in [-0.25, -0.2) is 9.37 Å². The average molecular weight is 313 g/mol. The maximum absolute atomic E-state index is 13.4. The second-order valence-electron chi connectivity index (χ2n) is 5.04. The standard InChI is InChI=1S/C18H16FNOS/c1-12(13-6-5-7-14(19)10-13)17-11-20-18(22-17)15-8-3-4-9-16(15)21-2/h3-12H,1-2H3. The van der Waals surface area contributed by atoms with Gasteiger partial charge < -0.3 is 4.74 Å². The Kier molecular flexibility index (Phi) is 4.20. The maximum atomic E-state index is 13.4. The van der Waals surface area contributed by atoms with Crippen LogP contribution >= 0.6 is 11.3 Å². The Morgan fingerprint density at radius 2 is 1.95 bits per heavy atom. The van der Waals surface area contributed by atoms with Crippen LogP contribution in [0.3, 0.4) is 0 Å². The zero-order valence-electron chi connectivity index (χ0n) is 12.4. The lowest BCUT2D eigenvalue weighted by Gasteiger charge is -2.09. The molecule has 1 unspecified atom stereocenters. The second kappa shape index (κ2) is 6.28. The Morgan fingerprint density at radius 3 is 2.73 bits per heavy atom. The van der Waals surface area contributed by atoms with Crippen molar-refractivity contribution in [3.8, 4) is 16.3 Å². The molecule has 2 aromatic carbocycles. The molecule has 0 aliphatic carbocycles. The molecule has 0 aliphatic heterocycles. The van der Waals surface area contributed by atoms with Crippen molar-refractivity contribution in [2.45, 2.75) is 12.8 Å². The summed E-state index contributed by atoms with van der Waals surface area (Å²) in [7, 11) is 1.66. The summed E-state index contributed by atoms with van der Waals surface area (Å²) in [6, 6.07) is 14.5. The van der Waals surface area contributed by atoms with Crippen molar-refractivity contribution in [3.63, 3.8) is 0 Å². The van der Waals surface area contributed by atoms with Crippen molar-refractivity contribution in [1.82, 2.24) is 4.98 Å². The van der Waals surface area contributed by atoms with Crippen LogP contribution in [0.4, 0.5) is 4.39 Å². The average Bonchev–Trinajstić information content (AvgIpc) is 3.04. The highest BCUT2D eigenvalue weighted by molar-refractivity contribution is 7.15. The first kappa shape index (κ1) is 14.7. The fourth-order valence-corrected chi connectivity index (χ4v) is 3.40. The number of methoxy groups -OCH3 is 1. The second-order valence-corrected chi connectivity index (χ2v) is 6.11. The minimum Gasteiger partial charge on any atom is -0.496 e. The van der Waals surface area contributed by atoms with Crippen LogP contribution in [-0.2, 0) is 0 Å². The highest BCUT2D eigenvalue weighted by Crippen LogP contribution is 2.36. The summed E-state index contributed by atoms with van der Waals surface area (Å²) < 4.78 is 18.8. The monoisotopic (exact) mass is 313 g/mol. The van der Waals surface area contributed by atoms with E-state index in [9.17, 15) is 4.39 Å². The van der Waals surface area contributed by atoms with Crippen molar-refractivity contribution in [3.05, 3.63) is 71.0 Å². The molecular weight excluding hydrogens is 297 g/mol. The van der Waals surface area contributed by atoms with Crippen LogP contribution in [0, 0.1) is 5.82 Å². The molecule has 0 aliphatic rings. The molecular formula is C18H16FNOS. The van der Waals surface area contributed by atoms with Crippen molar-refractivity contribution >= 4 is 11.3 Å². The van der Waals surface area contributed by atoms with E-state index in [1.807, 2.05) is 36.5 Å². The lowest BCUT2D eigenvalue weighted by molar-refractivity contribution is 0.416. The van der Waals surface area contributed by atoms with Gasteiger partial charge >= 0.3 is 0 Å². The van der Waals surface area contributed by atoms with Crippen LogP contribution in [0.5, 0.6) is 5.75 Å². The van der Waals surface area contributed by atoms with Gasteiger partial charge in [0.1, 0.15) is 16.6 Å². The molecule has 2 nitrogen and oxygen atoms in total. The van der Waals surface area contributed by atoms with Gasteiger partial charge in [0, 0.05) is 17.0 Å². The third-order valence-corrected chi connectivity index (χ3v) is 4.85. The number of halogens is 1. The van der Waals surface area contributed by atoms with E-state index < -0.39 is 0 Å². The van der Waals surface area contributed by atoms with Crippen LogP contribution < -0.4 is 4.74 Å². The molecule has 3 rings (SSSR count). The fraction of sp³-hybridized carbons (Fsp3) is 0.167. The van der Waals surface area contributed by atoms with E-state index in [1.165, 1.54) is 6.07 Å².